The highest BCUT2D eigenvalue weighted by Crippen LogP contribution is 2.29. The molecule has 0 atom stereocenters. The molecule has 1 aromatic carbocycles. The van der Waals surface area contributed by atoms with Gasteiger partial charge < -0.3 is 0 Å². The Morgan fingerprint density at radius 1 is 0.265 bits per heavy atom. The van der Waals surface area contributed by atoms with Gasteiger partial charge in [-0.2, -0.15) is 0 Å². The SMILES string of the molecule is CC(C)=CCC/C(C)=C/CC/C(C)=C/CC/C(C)=C/CC/C(C)=C/CC/C(C)=C/CC/C(C)=C/CC/C(C)=C/CC/C(C)=C/CC/C(C)=C/CC/C(C)=C/CC/C(C)=C/CC/C(C)=C/CC/C(C)=C/CC1=C(C)C(=O)c2ccccc2C1=O. The Kier molecular flexibility index (Phi) is 39.3. The van der Waals surface area contributed by atoms with Crippen LogP contribution in [0.2, 0.25) is 0 Å². The maximum absolute atomic E-state index is 13.1. The number of benzene rings is 1. The van der Waals surface area contributed by atoms with Gasteiger partial charge in [0.05, 0.1) is 0 Å². The van der Waals surface area contributed by atoms with E-state index >= 15 is 0 Å². The number of allylic oxidation sites excluding steroid dienone is 30. The van der Waals surface area contributed by atoms with Crippen LogP contribution in [-0.2, 0) is 0 Å². The van der Waals surface area contributed by atoms with Gasteiger partial charge in [-0.1, -0.05) is 187 Å². The summed E-state index contributed by atoms with van der Waals surface area (Å²) in [4.78, 5) is 25.9. The summed E-state index contributed by atoms with van der Waals surface area (Å²) in [6.07, 6.45) is 63.9. The predicted molar refractivity (Wildman–Crippen MR) is 371 cm³/mol. The lowest BCUT2D eigenvalue weighted by molar-refractivity contribution is 0.0973. The van der Waals surface area contributed by atoms with E-state index in [0.29, 0.717) is 28.7 Å². The van der Waals surface area contributed by atoms with Gasteiger partial charge in [0.2, 0.25) is 0 Å². The Balaban J connectivity index is 1.55. The second-order valence-corrected chi connectivity index (χ2v) is 25.5. The summed E-state index contributed by atoms with van der Waals surface area (Å²) < 4.78 is 0. The summed E-state index contributed by atoms with van der Waals surface area (Å²) in [6, 6.07) is 7.17. The molecule has 2 heteroatoms. The van der Waals surface area contributed by atoms with Gasteiger partial charge >= 0.3 is 0 Å². The minimum Gasteiger partial charge on any atom is -0.289 e. The molecule has 1 aliphatic carbocycles. The number of carbonyl (C=O) groups is 2. The van der Waals surface area contributed by atoms with Gasteiger partial charge in [-0.3, -0.25) is 9.59 Å². The molecular formula is C81H120O2. The van der Waals surface area contributed by atoms with Gasteiger partial charge in [-0.05, 0) is 284 Å². The van der Waals surface area contributed by atoms with Crippen LogP contribution in [-0.4, -0.2) is 11.6 Å². The van der Waals surface area contributed by atoms with Crippen molar-refractivity contribution in [3.05, 3.63) is 210 Å². The van der Waals surface area contributed by atoms with Crippen molar-refractivity contribution in [3.63, 3.8) is 0 Å². The fourth-order valence-electron chi connectivity index (χ4n) is 10.5. The molecule has 0 fully saturated rings. The number of ketones is 2. The Morgan fingerprint density at radius 3 is 0.651 bits per heavy atom. The molecule has 0 saturated carbocycles. The second kappa shape index (κ2) is 44.2. The van der Waals surface area contributed by atoms with Crippen LogP contribution in [0.3, 0.4) is 0 Å². The summed E-state index contributed by atoms with van der Waals surface area (Å²) in [6.45, 7) is 35.8. The zero-order chi connectivity index (χ0) is 61.4. The molecule has 1 aromatic rings. The van der Waals surface area contributed by atoms with Crippen molar-refractivity contribution >= 4 is 11.6 Å². The molecule has 456 valence electrons. The van der Waals surface area contributed by atoms with E-state index in [4.69, 9.17) is 0 Å². The van der Waals surface area contributed by atoms with E-state index in [1.165, 1.54) is 117 Å². The van der Waals surface area contributed by atoms with Crippen LogP contribution in [0.1, 0.15) is 305 Å². The molecule has 0 N–H and O–H groups in total. The van der Waals surface area contributed by atoms with Crippen molar-refractivity contribution in [2.75, 3.05) is 0 Å². The van der Waals surface area contributed by atoms with E-state index in [2.05, 4.69) is 189 Å². The molecule has 0 aliphatic heterocycles. The van der Waals surface area contributed by atoms with Crippen molar-refractivity contribution in [1.29, 1.82) is 0 Å². The summed E-state index contributed by atoms with van der Waals surface area (Å²) in [5, 5.41) is 0. The van der Waals surface area contributed by atoms with E-state index in [-0.39, 0.29) is 11.6 Å². The molecule has 0 amide bonds. The molecule has 0 heterocycles. The van der Waals surface area contributed by atoms with Gasteiger partial charge in [0, 0.05) is 22.3 Å². The molecule has 0 radical (unpaired) electrons. The molecule has 0 unspecified atom stereocenters. The number of fused-ring (bicyclic) bond motifs is 1. The quantitative estimate of drug-likeness (QED) is 0.0613. The Hall–Kier alpha value is -5.34. The molecule has 0 bridgehead atoms. The van der Waals surface area contributed by atoms with Crippen LogP contribution in [0.5, 0.6) is 0 Å². The monoisotopic (exact) mass is 1120 g/mol. The van der Waals surface area contributed by atoms with Crippen LogP contribution in [0.4, 0.5) is 0 Å². The van der Waals surface area contributed by atoms with Crippen LogP contribution < -0.4 is 0 Å². The van der Waals surface area contributed by atoms with Crippen LogP contribution in [0.25, 0.3) is 0 Å². The number of hydrogen-bond acceptors (Lipinski definition) is 2. The van der Waals surface area contributed by atoms with E-state index < -0.39 is 0 Å². The third-order valence-corrected chi connectivity index (χ3v) is 16.6. The molecule has 0 saturated heterocycles. The summed E-state index contributed by atoms with van der Waals surface area (Å²) >= 11 is 0. The minimum atomic E-state index is -0.0236. The normalized spacial score (nSPS) is 15.5. The predicted octanol–water partition coefficient (Wildman–Crippen LogP) is 26.2. The average Bonchev–Trinajstić information content (AvgIpc) is 3.47. The number of Topliss-reactive ketones (excluding diaryl/α,β-unsaturated/α-hetero) is 2. The Morgan fingerprint density at radius 2 is 0.446 bits per heavy atom. The van der Waals surface area contributed by atoms with Crippen LogP contribution in [0.15, 0.2) is 198 Å². The molecule has 2 nitrogen and oxygen atoms in total. The summed E-state index contributed by atoms with van der Waals surface area (Å²) in [5.41, 5.74) is 23.1. The van der Waals surface area contributed by atoms with Gasteiger partial charge in [-0.25, -0.2) is 0 Å². The standard InChI is InChI=1S/C81H120O2/c1-62(2)32-19-33-63(3)34-20-35-64(4)36-21-37-65(5)38-22-39-66(6)40-23-41-67(7)42-24-43-68(8)44-25-45-69(9)46-26-47-70(10)48-27-49-71(11)50-28-51-72(12)52-29-53-73(13)54-30-55-74(14)56-31-57-75(15)60-61-77-76(16)80(82)78-58-17-18-59-79(78)81(77)83/h17-18,32,34,36,38,40,42,44,46,48,50,52,54,56,58-60H,19-31,33,35,37,39,41,43,45,47,49,51,53,55,57,61H2,1-16H3/b63-34+,64-36+,65-38+,66-40+,67-42+,68-44+,69-46+,70-48+,71-50+,72-52+,73-54+,74-56+,75-60+. The highest BCUT2D eigenvalue weighted by molar-refractivity contribution is 6.26. The van der Waals surface area contributed by atoms with Gasteiger partial charge in [0.1, 0.15) is 0 Å². The maximum Gasteiger partial charge on any atom is 0.190 e. The van der Waals surface area contributed by atoms with Gasteiger partial charge in [0.25, 0.3) is 0 Å². The maximum atomic E-state index is 13.1. The lowest BCUT2D eigenvalue weighted by Crippen LogP contribution is -2.20. The van der Waals surface area contributed by atoms with E-state index in [1.807, 2.05) is 12.1 Å². The van der Waals surface area contributed by atoms with Gasteiger partial charge in [-0.15, -0.1) is 0 Å². The first-order valence-corrected chi connectivity index (χ1v) is 32.7. The smallest absolute Gasteiger partial charge is 0.190 e. The fourth-order valence-corrected chi connectivity index (χ4v) is 10.5. The van der Waals surface area contributed by atoms with E-state index in [1.54, 1.807) is 19.1 Å². The zero-order valence-corrected chi connectivity index (χ0v) is 56.3. The highest BCUT2D eigenvalue weighted by Gasteiger charge is 2.28. The highest BCUT2D eigenvalue weighted by atomic mass is 16.1. The van der Waals surface area contributed by atoms with Crippen molar-refractivity contribution < 1.29 is 9.59 Å². The largest absolute Gasteiger partial charge is 0.289 e. The molecular weight excluding hydrogens is 1000 g/mol. The van der Waals surface area contributed by atoms with E-state index in [9.17, 15) is 9.59 Å². The molecule has 1 aliphatic rings. The first-order valence-electron chi connectivity index (χ1n) is 32.7. The average molecular weight is 1130 g/mol. The topological polar surface area (TPSA) is 34.1 Å². The summed E-state index contributed by atoms with van der Waals surface area (Å²) in [7, 11) is 0. The van der Waals surface area contributed by atoms with Crippen LogP contribution >= 0.6 is 0 Å². The molecule has 0 spiro atoms. The number of hydrogen-bond donors (Lipinski definition) is 0. The van der Waals surface area contributed by atoms with Crippen molar-refractivity contribution in [1.82, 2.24) is 0 Å². The third kappa shape index (κ3) is 36.2. The number of carbonyl (C=O) groups excluding carboxylic acids is 2. The van der Waals surface area contributed by atoms with Gasteiger partial charge in [0.15, 0.2) is 11.6 Å². The van der Waals surface area contributed by atoms with Crippen molar-refractivity contribution in [2.45, 2.75) is 284 Å². The van der Waals surface area contributed by atoms with Crippen molar-refractivity contribution in [2.24, 2.45) is 0 Å². The van der Waals surface area contributed by atoms with Crippen LogP contribution in [0, 0.1) is 0 Å². The Labute approximate surface area is 512 Å². The number of rotatable bonds is 41. The molecule has 2 rings (SSSR count). The first-order chi connectivity index (χ1) is 39.6. The minimum absolute atomic E-state index is 0.00915. The fraction of sp³-hybridized carbons (Fsp3) is 0.531. The van der Waals surface area contributed by atoms with Crippen molar-refractivity contribution in [3.8, 4) is 0 Å². The second-order valence-electron chi connectivity index (χ2n) is 25.5. The lowest BCUT2D eigenvalue weighted by Gasteiger charge is -2.18. The third-order valence-electron chi connectivity index (χ3n) is 16.6. The zero-order valence-electron chi connectivity index (χ0n) is 56.3. The first kappa shape index (κ1) is 73.8. The van der Waals surface area contributed by atoms with E-state index in [0.717, 1.165) is 128 Å². The lowest BCUT2D eigenvalue weighted by atomic mass is 9.83. The summed E-state index contributed by atoms with van der Waals surface area (Å²) in [5.74, 6) is -0.0328. The Bertz CT molecular complexity index is 2660. The molecule has 83 heavy (non-hydrogen) atoms. The molecule has 0 aromatic heterocycles.